The molecule has 0 saturated carbocycles. The summed E-state index contributed by atoms with van der Waals surface area (Å²) >= 11 is 3.57. The smallest absolute Gasteiger partial charge is 0.423 e. The summed E-state index contributed by atoms with van der Waals surface area (Å²) in [5.74, 6) is 0. The van der Waals surface area contributed by atoms with Gasteiger partial charge in [-0.05, 0) is 191 Å². The number of nitrogens with zero attached hydrogens (tertiary/aromatic N) is 5. The third kappa shape index (κ3) is 10.8. The lowest BCUT2D eigenvalue weighted by Gasteiger charge is -2.09. The number of para-hydroxylation sites is 8. The molecule has 0 spiro atoms. The Balaban J connectivity index is 0.000000135. The molecule has 9 nitrogen and oxygen atoms in total. The minimum absolute atomic E-state index is 0.384. The van der Waals surface area contributed by atoms with E-state index in [1.54, 1.807) is 24.3 Å². The standard InChI is InChI=1S/C54H35N3.C18H15B2NO4.C18H12BrN/c1-4-14-40(15-5-1)55-49-22-12-10-20-43(49)45-32-36(24-28-51(45)55)38-26-30-53-47(34-38)48-35-39(27-31-54(48)57(53)42-18-8-3-9-19-42)37-25-29-52-46(33-37)44-21-11-13-23-50(44)56(52)41-16-6-2-7-17-41;22-19(23)12-6-8-17-15(10-12)16-11-13(20(24)25)7-9-18(16)21(17)14-4-2-1-3-5-14;19-13-10-11-18-16(12-13)15-8-4-5-9-17(15)20(18)14-6-2-1-3-7-14/h1-35H;1-11,22-25H;1-12H. The highest BCUT2D eigenvalue weighted by molar-refractivity contribution is 9.10. The molecule has 15 aromatic carbocycles. The highest BCUT2D eigenvalue weighted by Crippen LogP contribution is 2.42. The van der Waals surface area contributed by atoms with Crippen LogP contribution in [0.4, 0.5) is 0 Å². The second-order valence-corrected chi connectivity index (χ2v) is 26.7. The van der Waals surface area contributed by atoms with Crippen LogP contribution in [0.5, 0.6) is 0 Å². The maximum Gasteiger partial charge on any atom is 0.488 e. The summed E-state index contributed by atoms with van der Waals surface area (Å²) in [6, 6.07) is 123. The fraction of sp³-hybridized carbons (Fsp3) is 0. The Hall–Kier alpha value is -12.3. The molecule has 5 heterocycles. The van der Waals surface area contributed by atoms with Crippen LogP contribution in [0.1, 0.15) is 0 Å². The van der Waals surface area contributed by atoms with Crippen LogP contribution < -0.4 is 10.9 Å². The van der Waals surface area contributed by atoms with Gasteiger partial charge < -0.3 is 42.9 Å². The van der Waals surface area contributed by atoms with E-state index in [0.717, 1.165) is 37.7 Å². The molecule has 4 N–H and O–H groups in total. The topological polar surface area (TPSA) is 106 Å². The maximum atomic E-state index is 9.49. The largest absolute Gasteiger partial charge is 0.488 e. The Labute approximate surface area is 596 Å². The molecule has 12 heteroatoms. The number of aromatic nitrogens is 5. The lowest BCUT2D eigenvalue weighted by Crippen LogP contribution is -2.29. The van der Waals surface area contributed by atoms with E-state index < -0.39 is 14.2 Å². The van der Waals surface area contributed by atoms with Crippen molar-refractivity contribution in [2.45, 2.75) is 0 Å². The highest BCUT2D eigenvalue weighted by Gasteiger charge is 2.22. The van der Waals surface area contributed by atoms with Gasteiger partial charge in [0.25, 0.3) is 0 Å². The van der Waals surface area contributed by atoms with Crippen molar-refractivity contribution in [1.29, 1.82) is 0 Å². The molecule has 0 aliphatic rings. The Morgan fingerprint density at radius 2 is 0.392 bits per heavy atom. The molecule has 5 aromatic heterocycles. The fourth-order valence-corrected chi connectivity index (χ4v) is 15.6. The average Bonchev–Trinajstić information content (AvgIpc) is 1.60. The van der Waals surface area contributed by atoms with Crippen molar-refractivity contribution >= 4 is 150 Å². The molecule has 20 rings (SSSR count). The van der Waals surface area contributed by atoms with Crippen molar-refractivity contribution in [1.82, 2.24) is 22.8 Å². The molecule has 102 heavy (non-hydrogen) atoms. The third-order valence-corrected chi connectivity index (χ3v) is 20.4. The van der Waals surface area contributed by atoms with Gasteiger partial charge in [-0.3, -0.25) is 0 Å². The number of fused-ring (bicyclic) bond motifs is 15. The van der Waals surface area contributed by atoms with Gasteiger partial charge in [-0.2, -0.15) is 0 Å². The Morgan fingerprint density at radius 1 is 0.186 bits per heavy atom. The first-order valence-electron chi connectivity index (χ1n) is 34.1. The molecular weight excluding hydrogens is 1320 g/mol. The van der Waals surface area contributed by atoms with Crippen LogP contribution >= 0.6 is 15.9 Å². The van der Waals surface area contributed by atoms with Gasteiger partial charge in [0, 0.05) is 86.8 Å². The summed E-state index contributed by atoms with van der Waals surface area (Å²) in [5.41, 5.74) is 22.8. The minimum Gasteiger partial charge on any atom is -0.423 e. The van der Waals surface area contributed by atoms with E-state index in [-0.39, 0.29) is 0 Å². The van der Waals surface area contributed by atoms with Crippen LogP contribution in [-0.2, 0) is 0 Å². The number of rotatable bonds is 9. The molecule has 0 aliphatic heterocycles. The first kappa shape index (κ1) is 62.0. The molecule has 0 saturated heterocycles. The zero-order valence-corrected chi connectivity index (χ0v) is 56.6. The van der Waals surface area contributed by atoms with E-state index >= 15 is 0 Å². The Kier molecular flexibility index (Phi) is 15.7. The fourth-order valence-electron chi connectivity index (χ4n) is 15.3. The summed E-state index contributed by atoms with van der Waals surface area (Å²) in [6.07, 6.45) is 0. The predicted octanol–water partition coefficient (Wildman–Crippen LogP) is 20.0. The monoisotopic (exact) mass is 1380 g/mol. The lowest BCUT2D eigenvalue weighted by molar-refractivity contribution is 0.424. The van der Waals surface area contributed by atoms with Gasteiger partial charge in [0.15, 0.2) is 0 Å². The van der Waals surface area contributed by atoms with E-state index in [9.17, 15) is 20.1 Å². The van der Waals surface area contributed by atoms with Crippen molar-refractivity contribution in [3.8, 4) is 50.7 Å². The highest BCUT2D eigenvalue weighted by atomic mass is 79.9. The molecule has 0 atom stereocenters. The number of benzene rings is 15. The van der Waals surface area contributed by atoms with Gasteiger partial charge in [0.05, 0.1) is 55.2 Å². The van der Waals surface area contributed by atoms with Gasteiger partial charge in [-0.1, -0.05) is 210 Å². The number of hydrogen-bond donors (Lipinski definition) is 4. The Bertz CT molecular complexity index is 6310. The van der Waals surface area contributed by atoms with Crippen LogP contribution in [0.2, 0.25) is 0 Å². The van der Waals surface area contributed by atoms with Crippen LogP contribution in [-0.4, -0.2) is 57.2 Å². The van der Waals surface area contributed by atoms with Crippen LogP contribution in [0.3, 0.4) is 0 Å². The SMILES string of the molecule is Brc1ccc2c(c1)c1ccccc1n2-c1ccccc1.OB(O)c1ccc2c(c1)c1cc(B(O)O)ccc1n2-c1ccccc1.c1ccc(-n2c3ccccc3c3cc(-c4ccc5c(c4)c4cc(-c6ccc7c(c6)c6ccccc6n7-c6ccccc6)ccc4n5-c4ccccc4)ccc32)cc1. The Morgan fingerprint density at radius 3 is 0.667 bits per heavy atom. The predicted molar refractivity (Wildman–Crippen MR) is 429 cm³/mol. The average molecular weight is 1380 g/mol. The van der Waals surface area contributed by atoms with E-state index in [1.165, 1.54) is 127 Å². The van der Waals surface area contributed by atoms with E-state index in [2.05, 4.69) is 318 Å². The lowest BCUT2D eigenvalue weighted by atomic mass is 9.78. The first-order chi connectivity index (χ1) is 50.2. The van der Waals surface area contributed by atoms with E-state index in [1.807, 2.05) is 48.5 Å². The zero-order chi connectivity index (χ0) is 68.5. The van der Waals surface area contributed by atoms with Crippen molar-refractivity contribution < 1.29 is 20.1 Å². The summed E-state index contributed by atoms with van der Waals surface area (Å²) in [4.78, 5) is 0. The number of halogens is 1. The normalized spacial score (nSPS) is 11.6. The summed E-state index contributed by atoms with van der Waals surface area (Å²) < 4.78 is 12.7. The maximum absolute atomic E-state index is 9.49. The zero-order valence-electron chi connectivity index (χ0n) is 55.0. The first-order valence-corrected chi connectivity index (χ1v) is 34.9. The molecule has 484 valence electrons. The van der Waals surface area contributed by atoms with Gasteiger partial charge in [0.2, 0.25) is 0 Å². The van der Waals surface area contributed by atoms with Gasteiger partial charge in [-0.15, -0.1) is 0 Å². The van der Waals surface area contributed by atoms with E-state index in [0.29, 0.717) is 10.9 Å². The van der Waals surface area contributed by atoms with Crippen molar-refractivity contribution in [2.24, 2.45) is 0 Å². The molecule has 20 aromatic rings. The van der Waals surface area contributed by atoms with Crippen LogP contribution in [0.15, 0.2) is 356 Å². The van der Waals surface area contributed by atoms with Gasteiger partial charge in [0.1, 0.15) is 0 Å². The van der Waals surface area contributed by atoms with Crippen molar-refractivity contribution in [3.63, 3.8) is 0 Å². The molecule has 0 aliphatic carbocycles. The molecule has 0 radical (unpaired) electrons. The summed E-state index contributed by atoms with van der Waals surface area (Å²) in [5, 5.41) is 49.6. The van der Waals surface area contributed by atoms with Crippen molar-refractivity contribution in [3.05, 3.63) is 356 Å². The van der Waals surface area contributed by atoms with Crippen LogP contribution in [0.25, 0.3) is 160 Å². The number of hydrogen-bond acceptors (Lipinski definition) is 4. The van der Waals surface area contributed by atoms with E-state index in [4.69, 9.17) is 0 Å². The third-order valence-electron chi connectivity index (χ3n) is 19.9. The van der Waals surface area contributed by atoms with Gasteiger partial charge in [-0.25, -0.2) is 0 Å². The van der Waals surface area contributed by atoms with Gasteiger partial charge >= 0.3 is 14.2 Å². The van der Waals surface area contributed by atoms with Crippen LogP contribution in [0, 0.1) is 0 Å². The van der Waals surface area contributed by atoms with Crippen molar-refractivity contribution in [2.75, 3.05) is 0 Å². The summed E-state index contributed by atoms with van der Waals surface area (Å²) in [6.45, 7) is 0. The second-order valence-electron chi connectivity index (χ2n) is 25.8. The molecule has 0 amide bonds. The minimum atomic E-state index is -1.56. The molecule has 0 unspecified atom stereocenters. The molecule has 0 fully saturated rings. The quantitative estimate of drug-likeness (QED) is 0.108. The summed E-state index contributed by atoms with van der Waals surface area (Å²) in [7, 11) is -3.13. The second kappa shape index (κ2) is 25.8. The molecular formula is C90H62B2BrN5O4. The molecule has 0 bridgehead atoms.